The lowest BCUT2D eigenvalue weighted by atomic mass is 9.70. The molecule has 0 amide bonds. The number of benzene rings is 2. The molecule has 1 unspecified atom stereocenters. The second kappa shape index (κ2) is 5.25. The summed E-state index contributed by atoms with van der Waals surface area (Å²) in [6.45, 7) is 4.72. The fourth-order valence-electron chi connectivity index (χ4n) is 3.07. The molecule has 1 atom stereocenters. The smallest absolute Gasteiger partial charge is 0.0567 e. The fourth-order valence-corrected chi connectivity index (χ4v) is 3.47. The van der Waals surface area contributed by atoms with E-state index >= 15 is 0 Å². The van der Waals surface area contributed by atoms with E-state index in [1.165, 1.54) is 29.7 Å². The Kier molecular flexibility index (Phi) is 3.59. The number of hydrogen-bond donors (Lipinski definition) is 1. The van der Waals surface area contributed by atoms with E-state index in [4.69, 9.17) is 0 Å². The van der Waals surface area contributed by atoms with E-state index in [0.29, 0.717) is 6.04 Å². The summed E-state index contributed by atoms with van der Waals surface area (Å²) in [5.41, 5.74) is 4.35. The van der Waals surface area contributed by atoms with Gasteiger partial charge in [0.25, 0.3) is 0 Å². The highest BCUT2D eigenvalue weighted by molar-refractivity contribution is 9.10. The van der Waals surface area contributed by atoms with E-state index in [2.05, 4.69) is 83.6 Å². The van der Waals surface area contributed by atoms with Gasteiger partial charge in [-0.1, -0.05) is 50.2 Å². The summed E-state index contributed by atoms with van der Waals surface area (Å²) in [6.07, 6.45) is 2.39. The van der Waals surface area contributed by atoms with E-state index in [9.17, 15) is 0 Å². The van der Waals surface area contributed by atoms with Crippen LogP contribution in [0.15, 0.2) is 53.0 Å². The first-order valence-electron chi connectivity index (χ1n) is 7.17. The van der Waals surface area contributed by atoms with Crippen molar-refractivity contribution < 1.29 is 0 Å². The van der Waals surface area contributed by atoms with Gasteiger partial charge >= 0.3 is 0 Å². The lowest BCUT2D eigenvalue weighted by Gasteiger charge is -2.41. The number of fused-ring (bicyclic) bond motifs is 1. The summed E-state index contributed by atoms with van der Waals surface area (Å²) in [7, 11) is 0. The molecule has 1 nitrogen and oxygen atoms in total. The van der Waals surface area contributed by atoms with Crippen molar-refractivity contribution in [3.63, 3.8) is 0 Å². The number of nitrogens with one attached hydrogen (secondary N) is 1. The first-order valence-corrected chi connectivity index (χ1v) is 7.96. The summed E-state index contributed by atoms with van der Waals surface area (Å²) >= 11 is 3.64. The molecule has 1 aliphatic carbocycles. The van der Waals surface area contributed by atoms with E-state index in [1.54, 1.807) is 0 Å². The summed E-state index contributed by atoms with van der Waals surface area (Å²) in [5, 5.41) is 3.75. The van der Waals surface area contributed by atoms with Crippen LogP contribution in [0.25, 0.3) is 0 Å². The van der Waals surface area contributed by atoms with Crippen molar-refractivity contribution in [2.45, 2.75) is 32.7 Å². The Bertz CT molecular complexity index is 618. The topological polar surface area (TPSA) is 12.0 Å². The quantitative estimate of drug-likeness (QED) is 0.758. The number of rotatable bonds is 2. The van der Waals surface area contributed by atoms with E-state index in [1.807, 2.05) is 0 Å². The van der Waals surface area contributed by atoms with Crippen LogP contribution in [-0.4, -0.2) is 0 Å². The average Bonchev–Trinajstić information content (AvgIpc) is 2.44. The van der Waals surface area contributed by atoms with Crippen LogP contribution >= 0.6 is 15.9 Å². The van der Waals surface area contributed by atoms with Crippen LogP contribution in [0.3, 0.4) is 0 Å². The second-order valence-electron chi connectivity index (χ2n) is 6.24. The number of anilines is 1. The van der Waals surface area contributed by atoms with Crippen LogP contribution in [-0.2, 0) is 6.42 Å². The van der Waals surface area contributed by atoms with Gasteiger partial charge in [0.15, 0.2) is 0 Å². The molecule has 2 aromatic rings. The standard InChI is InChI=1S/C18H20BrN/c1-18(2)12-11-13-7-3-4-8-14(13)17(18)20-16-10-6-5-9-15(16)19/h3-10,17,20H,11-12H2,1-2H3. The molecule has 2 heteroatoms. The maximum Gasteiger partial charge on any atom is 0.0567 e. The monoisotopic (exact) mass is 329 g/mol. The minimum atomic E-state index is 0.254. The summed E-state index contributed by atoms with van der Waals surface area (Å²) < 4.78 is 1.12. The predicted molar refractivity (Wildman–Crippen MR) is 89.0 cm³/mol. The minimum Gasteiger partial charge on any atom is -0.377 e. The Hall–Kier alpha value is -1.28. The van der Waals surface area contributed by atoms with Gasteiger partial charge in [-0.25, -0.2) is 0 Å². The van der Waals surface area contributed by atoms with Crippen LogP contribution in [0.1, 0.15) is 37.4 Å². The average molecular weight is 330 g/mol. The minimum absolute atomic E-state index is 0.254. The number of hydrogen-bond acceptors (Lipinski definition) is 1. The van der Waals surface area contributed by atoms with E-state index in [-0.39, 0.29) is 5.41 Å². The molecule has 2 aromatic carbocycles. The van der Waals surface area contributed by atoms with Crippen molar-refractivity contribution in [1.82, 2.24) is 0 Å². The zero-order valence-electron chi connectivity index (χ0n) is 12.0. The van der Waals surface area contributed by atoms with Crippen molar-refractivity contribution in [2.75, 3.05) is 5.32 Å². The lowest BCUT2D eigenvalue weighted by Crippen LogP contribution is -2.33. The third-order valence-electron chi connectivity index (χ3n) is 4.36. The molecule has 0 spiro atoms. The maximum atomic E-state index is 3.75. The molecule has 0 bridgehead atoms. The number of aryl methyl sites for hydroxylation is 1. The maximum absolute atomic E-state index is 3.75. The van der Waals surface area contributed by atoms with Gasteiger partial charge in [0.1, 0.15) is 0 Å². The van der Waals surface area contributed by atoms with Crippen molar-refractivity contribution >= 4 is 21.6 Å². The SMILES string of the molecule is CC1(C)CCc2ccccc2C1Nc1ccccc1Br. The van der Waals surface area contributed by atoms with Crippen LogP contribution in [0, 0.1) is 5.41 Å². The second-order valence-corrected chi connectivity index (χ2v) is 7.10. The highest BCUT2D eigenvalue weighted by Gasteiger charge is 2.35. The molecule has 0 radical (unpaired) electrons. The van der Waals surface area contributed by atoms with Gasteiger partial charge in [-0.05, 0) is 57.4 Å². The van der Waals surface area contributed by atoms with Crippen molar-refractivity contribution in [1.29, 1.82) is 0 Å². The Balaban J connectivity index is 2.00. The molecule has 20 heavy (non-hydrogen) atoms. The van der Waals surface area contributed by atoms with Crippen LogP contribution < -0.4 is 5.32 Å². The Labute approximate surface area is 129 Å². The Morgan fingerprint density at radius 3 is 2.55 bits per heavy atom. The highest BCUT2D eigenvalue weighted by atomic mass is 79.9. The molecule has 0 aromatic heterocycles. The molecule has 1 aliphatic rings. The van der Waals surface area contributed by atoms with Crippen molar-refractivity contribution in [3.05, 3.63) is 64.1 Å². The first kappa shape index (κ1) is 13.7. The van der Waals surface area contributed by atoms with Crippen molar-refractivity contribution in [3.8, 4) is 0 Å². The normalized spacial score (nSPS) is 20.2. The highest BCUT2D eigenvalue weighted by Crippen LogP contribution is 2.45. The van der Waals surface area contributed by atoms with Gasteiger partial charge in [0, 0.05) is 10.2 Å². The molecule has 0 aliphatic heterocycles. The fraction of sp³-hybridized carbons (Fsp3) is 0.333. The molecule has 3 rings (SSSR count). The molecule has 1 N–H and O–H groups in total. The van der Waals surface area contributed by atoms with Gasteiger partial charge in [0.05, 0.1) is 6.04 Å². The number of halogens is 1. The Morgan fingerprint density at radius 2 is 1.75 bits per heavy atom. The number of para-hydroxylation sites is 1. The van der Waals surface area contributed by atoms with Gasteiger partial charge in [0.2, 0.25) is 0 Å². The summed E-state index contributed by atoms with van der Waals surface area (Å²) in [6, 6.07) is 17.5. The van der Waals surface area contributed by atoms with Gasteiger partial charge in [-0.3, -0.25) is 0 Å². The predicted octanol–water partition coefficient (Wildman–Crippen LogP) is 5.57. The molecule has 0 fully saturated rings. The molecule has 0 saturated heterocycles. The molecule has 104 valence electrons. The van der Waals surface area contributed by atoms with Crippen LogP contribution in [0.2, 0.25) is 0 Å². The van der Waals surface area contributed by atoms with E-state index < -0.39 is 0 Å². The third-order valence-corrected chi connectivity index (χ3v) is 5.05. The summed E-state index contributed by atoms with van der Waals surface area (Å²) in [4.78, 5) is 0. The molecule has 0 heterocycles. The zero-order valence-corrected chi connectivity index (χ0v) is 13.6. The first-order chi connectivity index (χ1) is 9.58. The van der Waals surface area contributed by atoms with Crippen molar-refractivity contribution in [2.24, 2.45) is 5.41 Å². The molecule has 0 saturated carbocycles. The van der Waals surface area contributed by atoms with Gasteiger partial charge in [-0.15, -0.1) is 0 Å². The van der Waals surface area contributed by atoms with Gasteiger partial charge in [-0.2, -0.15) is 0 Å². The third kappa shape index (κ3) is 2.49. The Morgan fingerprint density at radius 1 is 1.05 bits per heavy atom. The summed E-state index contributed by atoms with van der Waals surface area (Å²) in [5.74, 6) is 0. The zero-order chi connectivity index (χ0) is 14.2. The van der Waals surface area contributed by atoms with Crippen LogP contribution in [0.5, 0.6) is 0 Å². The largest absolute Gasteiger partial charge is 0.377 e. The molecular weight excluding hydrogens is 310 g/mol. The van der Waals surface area contributed by atoms with E-state index in [0.717, 1.165) is 4.47 Å². The van der Waals surface area contributed by atoms with Crippen LogP contribution in [0.4, 0.5) is 5.69 Å². The van der Waals surface area contributed by atoms with Gasteiger partial charge < -0.3 is 5.32 Å². The lowest BCUT2D eigenvalue weighted by molar-refractivity contribution is 0.265. The molecular formula is C18H20BrN.